The minimum absolute atomic E-state index is 0. The summed E-state index contributed by atoms with van der Waals surface area (Å²) in [6, 6.07) is 0. The first-order valence-corrected chi connectivity index (χ1v) is 0.512. The molecule has 0 aliphatic carbocycles. The van der Waals surface area contributed by atoms with Gasteiger partial charge in [-0.3, -0.25) is 0 Å². The summed E-state index contributed by atoms with van der Waals surface area (Å²) in [6.07, 6.45) is 1.25. The summed E-state index contributed by atoms with van der Waals surface area (Å²) in [5, 5.41) is 7.10. The Labute approximate surface area is 46.9 Å². The zero-order valence-corrected chi connectivity index (χ0v) is 1.52. The molecule has 4 heavy (non-hydrogen) atoms. The molecule has 0 fully saturated rings. The topological polar surface area (TPSA) is 49.8 Å². The summed E-state index contributed by atoms with van der Waals surface area (Å²) >= 11 is 0. The second-order valence-corrected chi connectivity index (χ2v) is 0.129. The van der Waals surface area contributed by atoms with Crippen molar-refractivity contribution in [3.05, 3.63) is 0 Å². The van der Waals surface area contributed by atoms with Crippen molar-refractivity contribution in [1.82, 2.24) is 0 Å². The van der Waals surface area contributed by atoms with Gasteiger partial charge in [-0.05, 0) is 0 Å². The molecule has 0 aromatic carbocycles. The van der Waals surface area contributed by atoms with Gasteiger partial charge in [0.25, 0.3) is 0 Å². The van der Waals surface area contributed by atoms with Crippen LogP contribution in [0.5, 0.6) is 0 Å². The van der Waals surface area contributed by atoms with E-state index in [0.29, 0.717) is 0 Å². The minimum atomic E-state index is 0. The van der Waals surface area contributed by atoms with Gasteiger partial charge in [0.2, 0.25) is 0 Å². The summed E-state index contributed by atoms with van der Waals surface area (Å²) < 4.78 is 0. The molecule has 0 radical (unpaired) electrons. The summed E-state index contributed by atoms with van der Waals surface area (Å²) in [5.41, 5.74) is 4.15. The third-order valence-electron chi connectivity index (χ3n) is 0. The van der Waals surface area contributed by atoms with Crippen molar-refractivity contribution in [3.63, 3.8) is 0 Å². The number of nitrogens with two attached hydrogens (primary N) is 1. The molecule has 0 saturated carbocycles. The summed E-state index contributed by atoms with van der Waals surface area (Å²) in [7, 11) is 0. The van der Waals surface area contributed by atoms with Crippen LogP contribution in [0, 0.1) is 11.5 Å². The molecular formula is CH3N2Na. The molecule has 2 N–H and O–H groups in total. The predicted octanol–water partition coefficient (Wildman–Crippen LogP) is -1.22. The number of hydrogen-bond donors (Lipinski definition) is 1. The molecule has 0 heterocycles. The van der Waals surface area contributed by atoms with Crippen LogP contribution < -0.4 is 5.73 Å². The summed E-state index contributed by atoms with van der Waals surface area (Å²) in [6.45, 7) is 0. The van der Waals surface area contributed by atoms with Crippen molar-refractivity contribution in [2.75, 3.05) is 0 Å². The van der Waals surface area contributed by atoms with Crippen molar-refractivity contribution in [2.45, 2.75) is 0 Å². The van der Waals surface area contributed by atoms with Gasteiger partial charge in [0.05, 0.1) is 0 Å². The SMILES string of the molecule is N#CN.[NaH]. The van der Waals surface area contributed by atoms with E-state index < -0.39 is 0 Å². The standard InChI is InChI=1S/CH2N2.Na.H/c2-1-3;;/h2H2;;. The van der Waals surface area contributed by atoms with Crippen LogP contribution in [-0.4, -0.2) is 29.6 Å². The van der Waals surface area contributed by atoms with E-state index in [-0.39, 0.29) is 29.6 Å². The van der Waals surface area contributed by atoms with Gasteiger partial charge < -0.3 is 5.73 Å². The predicted molar refractivity (Wildman–Crippen MR) is 16.9 cm³/mol. The Balaban J connectivity index is 0. The molecular weight excluding hydrogens is 63.0 g/mol. The van der Waals surface area contributed by atoms with Crippen LogP contribution in [0.3, 0.4) is 0 Å². The Hall–Kier alpha value is 0.290. The van der Waals surface area contributed by atoms with Crippen LogP contribution in [0.15, 0.2) is 0 Å². The first-order valence-electron chi connectivity index (χ1n) is 0.512. The molecule has 0 amide bonds. The van der Waals surface area contributed by atoms with Gasteiger partial charge in [-0.2, -0.15) is 5.26 Å². The van der Waals surface area contributed by atoms with E-state index in [1.165, 1.54) is 6.19 Å². The van der Waals surface area contributed by atoms with Crippen molar-refractivity contribution in [2.24, 2.45) is 5.73 Å². The number of nitriles is 1. The van der Waals surface area contributed by atoms with E-state index in [0.717, 1.165) is 0 Å². The zero-order valence-electron chi connectivity index (χ0n) is 1.52. The van der Waals surface area contributed by atoms with Gasteiger partial charge in [0, 0.05) is 0 Å². The quantitative estimate of drug-likeness (QED) is 0.219. The average Bonchev–Trinajstić information content (AvgIpc) is 0.918. The Kier molecular flexibility index (Phi) is 23.0. The van der Waals surface area contributed by atoms with E-state index in [2.05, 4.69) is 5.73 Å². The van der Waals surface area contributed by atoms with E-state index in [1.54, 1.807) is 0 Å². The van der Waals surface area contributed by atoms with Crippen LogP contribution in [0.25, 0.3) is 0 Å². The molecule has 3 heteroatoms. The van der Waals surface area contributed by atoms with E-state index in [9.17, 15) is 0 Å². The third-order valence-corrected chi connectivity index (χ3v) is 0. The maximum absolute atomic E-state index is 7.10. The molecule has 0 bridgehead atoms. The van der Waals surface area contributed by atoms with Crippen molar-refractivity contribution in [1.29, 1.82) is 5.26 Å². The summed E-state index contributed by atoms with van der Waals surface area (Å²) in [4.78, 5) is 0. The maximum atomic E-state index is 7.10. The van der Waals surface area contributed by atoms with Gasteiger partial charge in [-0.25, -0.2) is 0 Å². The molecule has 2 nitrogen and oxygen atoms in total. The van der Waals surface area contributed by atoms with Crippen LogP contribution >= 0.6 is 0 Å². The third kappa shape index (κ3) is 45.3. The molecule has 0 spiro atoms. The van der Waals surface area contributed by atoms with Crippen LogP contribution in [-0.2, 0) is 0 Å². The van der Waals surface area contributed by atoms with Crippen LogP contribution in [0.1, 0.15) is 0 Å². The van der Waals surface area contributed by atoms with Gasteiger partial charge in [0.15, 0.2) is 6.19 Å². The zero-order chi connectivity index (χ0) is 2.71. The second-order valence-electron chi connectivity index (χ2n) is 0.129. The fourth-order valence-electron chi connectivity index (χ4n) is 0. The van der Waals surface area contributed by atoms with Crippen molar-refractivity contribution in [3.8, 4) is 6.19 Å². The number of rotatable bonds is 0. The first-order chi connectivity index (χ1) is 1.41. The van der Waals surface area contributed by atoms with Crippen LogP contribution in [0.2, 0.25) is 0 Å². The summed E-state index contributed by atoms with van der Waals surface area (Å²) in [5.74, 6) is 0. The Morgan fingerprint density at radius 1 is 1.75 bits per heavy atom. The van der Waals surface area contributed by atoms with Crippen molar-refractivity contribution < 1.29 is 0 Å². The Bertz CT molecular complexity index is 27.5. The first kappa shape index (κ1) is 8.85. The van der Waals surface area contributed by atoms with Gasteiger partial charge >= 0.3 is 29.6 Å². The monoisotopic (exact) mass is 66.0 g/mol. The average molecular weight is 66.0 g/mol. The molecule has 0 saturated heterocycles. The fraction of sp³-hybridized carbons (Fsp3) is 0. The Morgan fingerprint density at radius 2 is 1.75 bits per heavy atom. The number of nitrogens with zero attached hydrogens (tertiary/aromatic N) is 1. The van der Waals surface area contributed by atoms with Gasteiger partial charge in [-0.15, -0.1) is 0 Å². The van der Waals surface area contributed by atoms with Gasteiger partial charge in [-0.1, -0.05) is 0 Å². The number of hydrogen-bond acceptors (Lipinski definition) is 2. The molecule has 18 valence electrons. The van der Waals surface area contributed by atoms with Crippen LogP contribution in [0.4, 0.5) is 0 Å². The van der Waals surface area contributed by atoms with E-state index in [1.807, 2.05) is 0 Å². The van der Waals surface area contributed by atoms with Crippen molar-refractivity contribution >= 4 is 29.6 Å². The molecule has 0 aliphatic heterocycles. The Morgan fingerprint density at radius 3 is 1.75 bits per heavy atom. The second kappa shape index (κ2) is 10.4. The normalized spacial score (nSPS) is 1.75. The van der Waals surface area contributed by atoms with Gasteiger partial charge in [0.1, 0.15) is 0 Å². The molecule has 0 aromatic heterocycles. The molecule has 0 aromatic rings. The molecule has 0 rings (SSSR count). The van der Waals surface area contributed by atoms with E-state index in [4.69, 9.17) is 5.26 Å². The fourth-order valence-corrected chi connectivity index (χ4v) is 0. The molecule has 0 aliphatic rings. The van der Waals surface area contributed by atoms with E-state index >= 15 is 0 Å². The molecule has 0 unspecified atom stereocenters. The molecule has 0 atom stereocenters.